The maximum Gasteiger partial charge on any atom is 0.261 e. The zero-order valence-corrected chi connectivity index (χ0v) is 6.57. The lowest BCUT2D eigenvalue weighted by Gasteiger charge is -2.02. The Morgan fingerprint density at radius 2 is 1.38 bits per heavy atom. The molecule has 2 rings (SSSR count). The Labute approximate surface area is 77.0 Å². The minimum atomic E-state index is -0.212. The molecule has 13 heavy (non-hydrogen) atoms. The second-order valence-corrected chi connectivity index (χ2v) is 2.71. The smallest absolute Gasteiger partial charge is 0.261 e. The molecule has 1 aliphatic rings. The molecule has 0 atom stereocenters. The van der Waals surface area contributed by atoms with Crippen LogP contribution < -0.4 is 0 Å². The van der Waals surface area contributed by atoms with Crippen LogP contribution in [0.25, 0.3) is 0 Å². The third kappa shape index (κ3) is 1.13. The minimum Gasteiger partial charge on any atom is -0.277 e. The third-order valence-corrected chi connectivity index (χ3v) is 2.00. The Morgan fingerprint density at radius 3 is 1.77 bits per heavy atom. The molecule has 0 aliphatic carbocycles. The number of carbonyl (C=O) groups is 2. The molecule has 1 heterocycles. The molecular formula is C10H11NO2. The molecule has 1 aromatic carbocycles. The molecule has 1 aliphatic heterocycles. The predicted octanol–water partition coefficient (Wildman–Crippen LogP) is 1.55. The number of hydrogen-bond acceptors (Lipinski definition) is 2. The summed E-state index contributed by atoms with van der Waals surface area (Å²) in [5.41, 5.74) is 1.01. The lowest BCUT2D eigenvalue weighted by molar-refractivity contribution is 0.0693. The second kappa shape index (κ2) is 3.01. The van der Waals surface area contributed by atoms with Gasteiger partial charge in [0.15, 0.2) is 0 Å². The summed E-state index contributed by atoms with van der Waals surface area (Å²) in [5, 5.41) is 0. The van der Waals surface area contributed by atoms with Gasteiger partial charge >= 0.3 is 0 Å². The van der Waals surface area contributed by atoms with Crippen molar-refractivity contribution in [3.8, 4) is 0 Å². The van der Waals surface area contributed by atoms with Gasteiger partial charge in [-0.2, -0.15) is 0 Å². The third-order valence-electron chi connectivity index (χ3n) is 2.00. The first-order valence-electron chi connectivity index (χ1n) is 3.63. The highest BCUT2D eigenvalue weighted by Crippen LogP contribution is 2.20. The van der Waals surface area contributed by atoms with Crippen LogP contribution in [0, 0.1) is 0 Å². The van der Waals surface area contributed by atoms with E-state index < -0.39 is 0 Å². The first-order chi connectivity index (χ1) is 5.72. The van der Waals surface area contributed by atoms with Gasteiger partial charge in [-0.15, -0.1) is 0 Å². The van der Waals surface area contributed by atoms with Gasteiger partial charge in [0.2, 0.25) is 0 Å². The van der Waals surface area contributed by atoms with Crippen molar-refractivity contribution in [1.82, 2.24) is 4.90 Å². The summed E-state index contributed by atoms with van der Waals surface area (Å²) in [6.45, 7) is 0. The van der Waals surface area contributed by atoms with E-state index in [9.17, 15) is 9.59 Å². The van der Waals surface area contributed by atoms with Gasteiger partial charge in [-0.25, -0.2) is 0 Å². The topological polar surface area (TPSA) is 37.4 Å². The fraction of sp³-hybridized carbons (Fsp3) is 0.200. The van der Waals surface area contributed by atoms with Gasteiger partial charge in [0.05, 0.1) is 11.1 Å². The molecule has 0 radical (unpaired) electrons. The van der Waals surface area contributed by atoms with Crippen molar-refractivity contribution in [2.45, 2.75) is 7.43 Å². The van der Waals surface area contributed by atoms with Crippen LogP contribution in [0.4, 0.5) is 0 Å². The standard InChI is InChI=1S/C9H7NO2.CH4/c1-10-8(11)6-4-2-3-5-7(6)9(10)12;/h2-5H,1H3;1H4. The van der Waals surface area contributed by atoms with E-state index in [2.05, 4.69) is 0 Å². The van der Waals surface area contributed by atoms with Crippen molar-refractivity contribution in [2.75, 3.05) is 7.05 Å². The van der Waals surface area contributed by atoms with Crippen LogP contribution >= 0.6 is 0 Å². The maximum atomic E-state index is 11.3. The van der Waals surface area contributed by atoms with Crippen LogP contribution in [-0.2, 0) is 0 Å². The van der Waals surface area contributed by atoms with Crippen molar-refractivity contribution >= 4 is 11.8 Å². The molecule has 2 amide bonds. The molecule has 0 N–H and O–H groups in total. The highest BCUT2D eigenvalue weighted by molar-refractivity contribution is 6.21. The van der Waals surface area contributed by atoms with Crippen molar-refractivity contribution in [2.24, 2.45) is 0 Å². The van der Waals surface area contributed by atoms with E-state index in [4.69, 9.17) is 0 Å². The summed E-state index contributed by atoms with van der Waals surface area (Å²) in [4.78, 5) is 23.8. The van der Waals surface area contributed by atoms with Crippen LogP contribution in [0.15, 0.2) is 24.3 Å². The monoisotopic (exact) mass is 177 g/mol. The molecule has 0 fully saturated rings. The second-order valence-electron chi connectivity index (χ2n) is 2.71. The molecule has 0 saturated carbocycles. The van der Waals surface area contributed by atoms with Crippen molar-refractivity contribution in [3.05, 3.63) is 35.4 Å². The Balaban J connectivity index is 0.000000845. The van der Waals surface area contributed by atoms with E-state index in [1.54, 1.807) is 24.3 Å². The molecule has 0 unspecified atom stereocenters. The first kappa shape index (κ1) is 9.45. The van der Waals surface area contributed by atoms with E-state index in [-0.39, 0.29) is 19.2 Å². The number of imide groups is 1. The van der Waals surface area contributed by atoms with Gasteiger partial charge in [-0.3, -0.25) is 14.5 Å². The molecule has 0 bridgehead atoms. The Kier molecular flexibility index (Phi) is 2.19. The number of nitrogens with zero attached hydrogens (tertiary/aromatic N) is 1. The summed E-state index contributed by atoms with van der Waals surface area (Å²) in [6, 6.07) is 6.84. The number of carbonyl (C=O) groups excluding carboxylic acids is 2. The van der Waals surface area contributed by atoms with E-state index in [1.807, 2.05) is 0 Å². The number of rotatable bonds is 0. The number of benzene rings is 1. The summed E-state index contributed by atoms with van der Waals surface area (Å²) in [7, 11) is 1.49. The van der Waals surface area contributed by atoms with E-state index in [0.29, 0.717) is 11.1 Å². The lowest BCUT2D eigenvalue weighted by atomic mass is 10.1. The first-order valence-corrected chi connectivity index (χ1v) is 3.63. The predicted molar refractivity (Wildman–Crippen MR) is 49.6 cm³/mol. The van der Waals surface area contributed by atoms with Crippen LogP contribution in [0.1, 0.15) is 28.1 Å². The highest BCUT2D eigenvalue weighted by atomic mass is 16.2. The molecule has 3 heteroatoms. The summed E-state index contributed by atoms with van der Waals surface area (Å²) < 4.78 is 0. The SMILES string of the molecule is C.CN1C(=O)c2ccccc2C1=O. The summed E-state index contributed by atoms with van der Waals surface area (Å²) >= 11 is 0. The summed E-state index contributed by atoms with van der Waals surface area (Å²) in [6.07, 6.45) is 0. The van der Waals surface area contributed by atoms with Gasteiger partial charge in [0.25, 0.3) is 11.8 Å². The van der Waals surface area contributed by atoms with E-state index >= 15 is 0 Å². The molecule has 0 saturated heterocycles. The molecule has 0 spiro atoms. The minimum absolute atomic E-state index is 0. The Hall–Kier alpha value is -1.64. The zero-order valence-electron chi connectivity index (χ0n) is 6.57. The Bertz CT molecular complexity index is 336. The average Bonchev–Trinajstić information content (AvgIpc) is 2.33. The quantitative estimate of drug-likeness (QED) is 0.564. The Morgan fingerprint density at radius 1 is 1.00 bits per heavy atom. The van der Waals surface area contributed by atoms with Crippen molar-refractivity contribution in [1.29, 1.82) is 0 Å². The fourth-order valence-electron chi connectivity index (χ4n) is 1.31. The number of hydrogen-bond donors (Lipinski definition) is 0. The van der Waals surface area contributed by atoms with Crippen molar-refractivity contribution in [3.63, 3.8) is 0 Å². The van der Waals surface area contributed by atoms with Crippen LogP contribution in [-0.4, -0.2) is 23.8 Å². The number of fused-ring (bicyclic) bond motifs is 1. The van der Waals surface area contributed by atoms with Crippen LogP contribution in [0.5, 0.6) is 0 Å². The molecule has 0 aromatic heterocycles. The highest BCUT2D eigenvalue weighted by Gasteiger charge is 2.31. The van der Waals surface area contributed by atoms with Gasteiger partial charge in [-0.1, -0.05) is 19.6 Å². The largest absolute Gasteiger partial charge is 0.277 e. The molecular weight excluding hydrogens is 166 g/mol. The normalized spacial score (nSPS) is 14.1. The van der Waals surface area contributed by atoms with Gasteiger partial charge in [-0.05, 0) is 12.1 Å². The number of amides is 2. The average molecular weight is 177 g/mol. The van der Waals surface area contributed by atoms with E-state index in [1.165, 1.54) is 7.05 Å². The van der Waals surface area contributed by atoms with E-state index in [0.717, 1.165) is 4.90 Å². The fourth-order valence-corrected chi connectivity index (χ4v) is 1.31. The molecule has 68 valence electrons. The van der Waals surface area contributed by atoms with Gasteiger partial charge in [0, 0.05) is 7.05 Å². The van der Waals surface area contributed by atoms with Crippen molar-refractivity contribution < 1.29 is 9.59 Å². The van der Waals surface area contributed by atoms with Crippen LogP contribution in [0.2, 0.25) is 0 Å². The maximum absolute atomic E-state index is 11.3. The molecule has 3 nitrogen and oxygen atoms in total. The zero-order chi connectivity index (χ0) is 8.72. The lowest BCUT2D eigenvalue weighted by Crippen LogP contribution is -2.24. The van der Waals surface area contributed by atoms with Crippen LogP contribution in [0.3, 0.4) is 0 Å². The molecule has 1 aromatic rings. The summed E-state index contributed by atoms with van der Waals surface area (Å²) in [5.74, 6) is -0.425. The van der Waals surface area contributed by atoms with Gasteiger partial charge in [0.1, 0.15) is 0 Å². The van der Waals surface area contributed by atoms with Gasteiger partial charge < -0.3 is 0 Å².